The van der Waals surface area contributed by atoms with Gasteiger partial charge in [0.05, 0.1) is 12.5 Å². The molecule has 2 atom stereocenters. The van der Waals surface area contributed by atoms with Gasteiger partial charge < -0.3 is 10.5 Å². The Balaban J connectivity index is 1.81. The molecule has 0 saturated heterocycles. The lowest BCUT2D eigenvalue weighted by atomic mass is 9.96. The van der Waals surface area contributed by atoms with Gasteiger partial charge in [0.15, 0.2) is 0 Å². The van der Waals surface area contributed by atoms with Crippen LogP contribution in [0, 0.1) is 0 Å². The number of nitrogens with two attached hydrogens (primary N) is 1. The molecule has 0 fully saturated rings. The Morgan fingerprint density at radius 2 is 2.20 bits per heavy atom. The molecular formula is C16H19N3O. The number of hydrogen-bond acceptors (Lipinski definition) is 4. The van der Waals surface area contributed by atoms with Crippen molar-refractivity contribution in [2.45, 2.75) is 31.7 Å². The maximum absolute atomic E-state index is 5.83. The van der Waals surface area contributed by atoms with Crippen molar-refractivity contribution >= 4 is 0 Å². The van der Waals surface area contributed by atoms with Crippen molar-refractivity contribution in [2.75, 3.05) is 6.61 Å². The van der Waals surface area contributed by atoms with Crippen LogP contribution < -0.4 is 10.5 Å². The van der Waals surface area contributed by atoms with Gasteiger partial charge in [-0.15, -0.1) is 0 Å². The quantitative estimate of drug-likeness (QED) is 0.926. The Kier molecular flexibility index (Phi) is 3.65. The monoisotopic (exact) mass is 269 g/mol. The van der Waals surface area contributed by atoms with E-state index in [-0.39, 0.29) is 12.0 Å². The van der Waals surface area contributed by atoms with Gasteiger partial charge in [0, 0.05) is 24.4 Å². The molecule has 0 aliphatic carbocycles. The first-order valence-corrected chi connectivity index (χ1v) is 7.00. The summed E-state index contributed by atoms with van der Waals surface area (Å²) in [6.45, 7) is 2.63. The molecule has 0 radical (unpaired) electrons. The highest BCUT2D eigenvalue weighted by Gasteiger charge is 2.23. The molecule has 2 unspecified atom stereocenters. The summed E-state index contributed by atoms with van der Waals surface area (Å²) < 4.78 is 5.81. The highest BCUT2D eigenvalue weighted by Crippen LogP contribution is 2.30. The minimum atomic E-state index is 0.112. The van der Waals surface area contributed by atoms with Gasteiger partial charge in [0.2, 0.25) is 0 Å². The second-order valence-electron chi connectivity index (χ2n) is 5.41. The summed E-state index contributed by atoms with van der Waals surface area (Å²) in [7, 11) is 0. The number of ether oxygens (including phenoxy) is 1. The Morgan fingerprint density at radius 1 is 1.35 bits per heavy atom. The molecule has 1 aromatic carbocycles. The van der Waals surface area contributed by atoms with Gasteiger partial charge >= 0.3 is 0 Å². The Bertz CT molecular complexity index is 598. The van der Waals surface area contributed by atoms with Crippen LogP contribution in [0.3, 0.4) is 0 Å². The van der Waals surface area contributed by atoms with Crippen LogP contribution >= 0.6 is 0 Å². The molecule has 4 heteroatoms. The van der Waals surface area contributed by atoms with E-state index in [0.29, 0.717) is 6.61 Å². The summed E-state index contributed by atoms with van der Waals surface area (Å²) in [6.07, 6.45) is 3.53. The van der Waals surface area contributed by atoms with Crippen LogP contribution in [-0.2, 0) is 12.8 Å². The van der Waals surface area contributed by atoms with Gasteiger partial charge in [-0.2, -0.15) is 0 Å². The fraction of sp³-hybridized carbons (Fsp3) is 0.375. The third-order valence-corrected chi connectivity index (χ3v) is 3.51. The standard InChI is InChI=1S/C16H19N3O/c1-11(17)8-14-6-7-18-16(19-14)13-9-12-4-2-3-5-15(12)20-10-13/h2-7,11,13H,8-10,17H2,1H3. The normalized spacial score (nSPS) is 19.0. The summed E-state index contributed by atoms with van der Waals surface area (Å²) in [4.78, 5) is 9.05. The van der Waals surface area contributed by atoms with Gasteiger partial charge in [0.1, 0.15) is 11.6 Å². The smallest absolute Gasteiger partial charge is 0.135 e. The summed E-state index contributed by atoms with van der Waals surface area (Å²) in [5.74, 6) is 2.06. The average Bonchev–Trinajstić information content (AvgIpc) is 2.46. The molecule has 0 bridgehead atoms. The second kappa shape index (κ2) is 5.59. The molecule has 2 aromatic rings. The van der Waals surface area contributed by atoms with Crippen molar-refractivity contribution in [1.29, 1.82) is 0 Å². The van der Waals surface area contributed by atoms with E-state index in [9.17, 15) is 0 Å². The first-order valence-electron chi connectivity index (χ1n) is 7.00. The number of para-hydroxylation sites is 1. The van der Waals surface area contributed by atoms with Gasteiger partial charge in [-0.25, -0.2) is 9.97 Å². The molecule has 0 saturated carbocycles. The summed E-state index contributed by atoms with van der Waals surface area (Å²) in [6, 6.07) is 10.2. The zero-order valence-corrected chi connectivity index (χ0v) is 11.6. The van der Waals surface area contributed by atoms with Crippen molar-refractivity contribution in [3.8, 4) is 5.75 Å². The molecule has 0 amide bonds. The van der Waals surface area contributed by atoms with Crippen molar-refractivity contribution in [1.82, 2.24) is 9.97 Å². The molecule has 2 N–H and O–H groups in total. The van der Waals surface area contributed by atoms with Gasteiger partial charge in [0.25, 0.3) is 0 Å². The summed E-state index contributed by atoms with van der Waals surface area (Å²) in [5, 5.41) is 0. The Hall–Kier alpha value is -1.94. The molecular weight excluding hydrogens is 250 g/mol. The second-order valence-corrected chi connectivity index (χ2v) is 5.41. The number of rotatable bonds is 3. The van der Waals surface area contributed by atoms with Gasteiger partial charge in [-0.3, -0.25) is 0 Å². The minimum Gasteiger partial charge on any atom is -0.493 e. The molecule has 2 heterocycles. The van der Waals surface area contributed by atoms with E-state index in [4.69, 9.17) is 10.5 Å². The number of nitrogens with zero attached hydrogens (tertiary/aromatic N) is 2. The fourth-order valence-electron chi connectivity index (χ4n) is 2.55. The molecule has 1 aromatic heterocycles. The van der Waals surface area contributed by atoms with Crippen LogP contribution in [0.4, 0.5) is 0 Å². The van der Waals surface area contributed by atoms with Crippen LogP contribution in [0.2, 0.25) is 0 Å². The topological polar surface area (TPSA) is 61.0 Å². The van der Waals surface area contributed by atoms with Crippen LogP contribution in [-0.4, -0.2) is 22.6 Å². The highest BCUT2D eigenvalue weighted by atomic mass is 16.5. The number of benzene rings is 1. The van der Waals surface area contributed by atoms with E-state index < -0.39 is 0 Å². The maximum atomic E-state index is 5.83. The number of fused-ring (bicyclic) bond motifs is 1. The van der Waals surface area contributed by atoms with Gasteiger partial charge in [-0.1, -0.05) is 18.2 Å². The Morgan fingerprint density at radius 3 is 3.05 bits per heavy atom. The van der Waals surface area contributed by atoms with E-state index >= 15 is 0 Å². The third kappa shape index (κ3) is 2.80. The van der Waals surface area contributed by atoms with E-state index in [2.05, 4.69) is 16.0 Å². The van der Waals surface area contributed by atoms with Crippen molar-refractivity contribution in [2.24, 2.45) is 5.73 Å². The fourth-order valence-corrected chi connectivity index (χ4v) is 2.55. The van der Waals surface area contributed by atoms with Gasteiger partial charge in [-0.05, 0) is 31.0 Å². The predicted molar refractivity (Wildman–Crippen MR) is 77.8 cm³/mol. The minimum absolute atomic E-state index is 0.112. The van der Waals surface area contributed by atoms with Crippen LogP contribution in [0.5, 0.6) is 5.75 Å². The molecule has 1 aliphatic heterocycles. The molecule has 20 heavy (non-hydrogen) atoms. The predicted octanol–water partition coefficient (Wildman–Crippen LogP) is 2.08. The van der Waals surface area contributed by atoms with E-state index in [1.54, 1.807) is 0 Å². The number of aromatic nitrogens is 2. The van der Waals surface area contributed by atoms with E-state index in [0.717, 1.165) is 30.1 Å². The first kappa shape index (κ1) is 13.1. The van der Waals surface area contributed by atoms with E-state index in [1.807, 2.05) is 37.4 Å². The average molecular weight is 269 g/mol. The molecule has 3 rings (SSSR count). The van der Waals surface area contributed by atoms with Crippen molar-refractivity contribution in [3.05, 3.63) is 53.6 Å². The summed E-state index contributed by atoms with van der Waals surface area (Å²) in [5.41, 5.74) is 8.06. The lowest BCUT2D eigenvalue weighted by Gasteiger charge is -2.24. The maximum Gasteiger partial charge on any atom is 0.135 e. The van der Waals surface area contributed by atoms with Crippen LogP contribution in [0.15, 0.2) is 36.5 Å². The van der Waals surface area contributed by atoms with E-state index in [1.165, 1.54) is 5.56 Å². The first-order chi connectivity index (χ1) is 9.72. The molecule has 0 spiro atoms. The lowest BCUT2D eigenvalue weighted by molar-refractivity contribution is 0.257. The highest BCUT2D eigenvalue weighted by molar-refractivity contribution is 5.36. The van der Waals surface area contributed by atoms with Crippen molar-refractivity contribution < 1.29 is 4.74 Å². The molecule has 1 aliphatic rings. The zero-order valence-electron chi connectivity index (χ0n) is 11.6. The molecule has 4 nitrogen and oxygen atoms in total. The van der Waals surface area contributed by atoms with Crippen LogP contribution in [0.1, 0.15) is 29.9 Å². The number of hydrogen-bond donors (Lipinski definition) is 1. The third-order valence-electron chi connectivity index (χ3n) is 3.51. The Labute approximate surface area is 119 Å². The lowest BCUT2D eigenvalue weighted by Crippen LogP contribution is -2.23. The largest absolute Gasteiger partial charge is 0.493 e. The van der Waals surface area contributed by atoms with Crippen molar-refractivity contribution in [3.63, 3.8) is 0 Å². The SMILES string of the molecule is CC(N)Cc1ccnc(C2COc3ccccc3C2)n1. The summed E-state index contributed by atoms with van der Waals surface area (Å²) >= 11 is 0. The zero-order chi connectivity index (χ0) is 13.9. The van der Waals surface area contributed by atoms with Crippen LogP contribution in [0.25, 0.3) is 0 Å². The molecule has 104 valence electrons.